The van der Waals surface area contributed by atoms with Crippen LogP contribution in [0, 0.1) is 5.92 Å². The molecule has 11 heavy (non-hydrogen) atoms. The Morgan fingerprint density at radius 1 is 1.36 bits per heavy atom. The highest BCUT2D eigenvalue weighted by atomic mass is 16.5. The summed E-state index contributed by atoms with van der Waals surface area (Å²) in [6, 6.07) is 0. The summed E-state index contributed by atoms with van der Waals surface area (Å²) >= 11 is 0. The first kappa shape index (κ1) is 8.97. The predicted molar refractivity (Wildman–Crippen MR) is 41.2 cm³/mol. The van der Waals surface area contributed by atoms with Gasteiger partial charge in [0.15, 0.2) is 0 Å². The molecule has 0 aromatic carbocycles. The molecule has 1 aliphatic heterocycles. The summed E-state index contributed by atoms with van der Waals surface area (Å²) in [6.07, 6.45) is -0.746. The van der Waals surface area contributed by atoms with Gasteiger partial charge in [0.05, 0.1) is 18.8 Å². The van der Waals surface area contributed by atoms with Crippen molar-refractivity contribution in [1.82, 2.24) is 0 Å². The Morgan fingerprint density at radius 2 is 2.00 bits per heavy atom. The molecule has 1 fully saturated rings. The van der Waals surface area contributed by atoms with Gasteiger partial charge in [0.25, 0.3) is 0 Å². The monoisotopic (exact) mass is 160 g/mol. The van der Waals surface area contributed by atoms with Gasteiger partial charge in [0.2, 0.25) is 0 Å². The number of hydrogen-bond acceptors (Lipinski definition) is 3. The minimum atomic E-state index is -0.705. The lowest BCUT2D eigenvalue weighted by Crippen LogP contribution is -2.48. The SMILES string of the molecule is CCC1OCC(C)C(O)C1O. The molecular formula is C8H16O3. The lowest BCUT2D eigenvalue weighted by molar-refractivity contribution is -0.160. The lowest BCUT2D eigenvalue weighted by Gasteiger charge is -2.35. The fourth-order valence-electron chi connectivity index (χ4n) is 1.39. The van der Waals surface area contributed by atoms with E-state index in [0.29, 0.717) is 6.61 Å². The first-order chi connectivity index (χ1) is 5.16. The molecule has 1 aliphatic rings. The molecule has 4 atom stereocenters. The maximum Gasteiger partial charge on any atom is 0.106 e. The third-order valence-electron chi connectivity index (χ3n) is 2.29. The Morgan fingerprint density at radius 3 is 2.55 bits per heavy atom. The van der Waals surface area contributed by atoms with Gasteiger partial charge in [-0.15, -0.1) is 0 Å². The maximum atomic E-state index is 9.43. The van der Waals surface area contributed by atoms with Crippen molar-refractivity contribution in [1.29, 1.82) is 0 Å². The second-order valence-corrected chi connectivity index (χ2v) is 3.24. The van der Waals surface area contributed by atoms with Crippen molar-refractivity contribution in [3.63, 3.8) is 0 Å². The summed E-state index contributed by atoms with van der Waals surface area (Å²) < 4.78 is 5.31. The van der Waals surface area contributed by atoms with Crippen LogP contribution in [0.25, 0.3) is 0 Å². The topological polar surface area (TPSA) is 49.7 Å². The Balaban J connectivity index is 2.52. The van der Waals surface area contributed by atoms with E-state index in [-0.39, 0.29) is 12.0 Å². The molecule has 0 radical (unpaired) electrons. The van der Waals surface area contributed by atoms with Crippen LogP contribution < -0.4 is 0 Å². The van der Waals surface area contributed by atoms with Crippen LogP contribution in [0.15, 0.2) is 0 Å². The maximum absolute atomic E-state index is 9.43. The van der Waals surface area contributed by atoms with E-state index in [0.717, 1.165) is 6.42 Å². The van der Waals surface area contributed by atoms with Crippen molar-refractivity contribution in [2.45, 2.75) is 38.6 Å². The van der Waals surface area contributed by atoms with Crippen molar-refractivity contribution in [3.05, 3.63) is 0 Å². The van der Waals surface area contributed by atoms with E-state index in [9.17, 15) is 10.2 Å². The van der Waals surface area contributed by atoms with Gasteiger partial charge in [-0.1, -0.05) is 13.8 Å². The number of rotatable bonds is 1. The molecule has 0 amide bonds. The second kappa shape index (κ2) is 3.52. The summed E-state index contributed by atoms with van der Waals surface area (Å²) in [5, 5.41) is 18.9. The minimum Gasteiger partial charge on any atom is -0.390 e. The van der Waals surface area contributed by atoms with E-state index in [4.69, 9.17) is 4.74 Å². The molecule has 0 aliphatic carbocycles. The van der Waals surface area contributed by atoms with Gasteiger partial charge < -0.3 is 14.9 Å². The molecule has 0 spiro atoms. The van der Waals surface area contributed by atoms with Crippen molar-refractivity contribution in [2.75, 3.05) is 6.61 Å². The Bertz CT molecular complexity index is 125. The molecular weight excluding hydrogens is 144 g/mol. The highest BCUT2D eigenvalue weighted by molar-refractivity contribution is 4.83. The molecule has 0 saturated carbocycles. The van der Waals surface area contributed by atoms with Crippen molar-refractivity contribution in [3.8, 4) is 0 Å². The van der Waals surface area contributed by atoms with Crippen LogP contribution in [-0.2, 0) is 4.74 Å². The van der Waals surface area contributed by atoms with E-state index in [1.165, 1.54) is 0 Å². The van der Waals surface area contributed by atoms with Gasteiger partial charge in [0.1, 0.15) is 6.10 Å². The minimum absolute atomic E-state index is 0.0489. The van der Waals surface area contributed by atoms with Gasteiger partial charge in [-0.2, -0.15) is 0 Å². The molecule has 66 valence electrons. The molecule has 2 N–H and O–H groups in total. The van der Waals surface area contributed by atoms with Crippen molar-refractivity contribution >= 4 is 0 Å². The average molecular weight is 160 g/mol. The molecule has 3 heteroatoms. The van der Waals surface area contributed by atoms with Crippen LogP contribution in [0.1, 0.15) is 20.3 Å². The summed E-state index contributed by atoms with van der Waals surface area (Å²) in [5.74, 6) is 0.0489. The summed E-state index contributed by atoms with van der Waals surface area (Å²) in [4.78, 5) is 0. The number of aliphatic hydroxyl groups is 2. The average Bonchev–Trinajstić information content (AvgIpc) is 2.01. The lowest BCUT2D eigenvalue weighted by atomic mass is 9.93. The number of aliphatic hydroxyl groups excluding tert-OH is 2. The molecule has 3 nitrogen and oxygen atoms in total. The second-order valence-electron chi connectivity index (χ2n) is 3.24. The summed E-state index contributed by atoms with van der Waals surface area (Å²) in [5.41, 5.74) is 0. The predicted octanol–water partition coefficient (Wildman–Crippen LogP) is 0.153. The Kier molecular flexibility index (Phi) is 2.87. The van der Waals surface area contributed by atoms with Gasteiger partial charge in [-0.05, 0) is 6.42 Å². The molecule has 0 aromatic heterocycles. The Labute approximate surface area is 67.0 Å². The Hall–Kier alpha value is -0.120. The quantitative estimate of drug-likeness (QED) is 0.574. The van der Waals surface area contributed by atoms with E-state index < -0.39 is 12.2 Å². The smallest absolute Gasteiger partial charge is 0.106 e. The van der Waals surface area contributed by atoms with Crippen molar-refractivity contribution in [2.24, 2.45) is 5.92 Å². The van der Waals surface area contributed by atoms with Gasteiger partial charge in [-0.25, -0.2) is 0 Å². The highest BCUT2D eigenvalue weighted by Crippen LogP contribution is 2.21. The highest BCUT2D eigenvalue weighted by Gasteiger charge is 2.34. The van der Waals surface area contributed by atoms with Crippen molar-refractivity contribution < 1.29 is 14.9 Å². The molecule has 1 saturated heterocycles. The van der Waals surface area contributed by atoms with Crippen LogP contribution in [0.5, 0.6) is 0 Å². The molecule has 1 heterocycles. The number of hydrogen-bond donors (Lipinski definition) is 2. The first-order valence-electron chi connectivity index (χ1n) is 4.14. The third-order valence-corrected chi connectivity index (χ3v) is 2.29. The van der Waals surface area contributed by atoms with Crippen LogP contribution in [0.2, 0.25) is 0 Å². The van der Waals surface area contributed by atoms with Gasteiger partial charge in [-0.3, -0.25) is 0 Å². The van der Waals surface area contributed by atoms with Crippen LogP contribution >= 0.6 is 0 Å². The van der Waals surface area contributed by atoms with E-state index in [2.05, 4.69) is 0 Å². The molecule has 0 aromatic rings. The first-order valence-corrected chi connectivity index (χ1v) is 4.14. The largest absolute Gasteiger partial charge is 0.390 e. The summed E-state index contributed by atoms with van der Waals surface area (Å²) in [7, 11) is 0. The van der Waals surface area contributed by atoms with E-state index in [1.54, 1.807) is 0 Å². The molecule has 0 bridgehead atoms. The van der Waals surface area contributed by atoms with Crippen LogP contribution in [-0.4, -0.2) is 35.1 Å². The van der Waals surface area contributed by atoms with Gasteiger partial charge in [0, 0.05) is 5.92 Å². The zero-order chi connectivity index (χ0) is 8.43. The zero-order valence-corrected chi connectivity index (χ0v) is 7.03. The molecule has 4 unspecified atom stereocenters. The number of ether oxygens (including phenoxy) is 1. The van der Waals surface area contributed by atoms with Crippen LogP contribution in [0.3, 0.4) is 0 Å². The summed E-state index contributed by atoms with van der Waals surface area (Å²) in [6.45, 7) is 4.37. The fourth-order valence-corrected chi connectivity index (χ4v) is 1.39. The van der Waals surface area contributed by atoms with E-state index >= 15 is 0 Å². The third kappa shape index (κ3) is 1.72. The molecule has 1 rings (SSSR count). The van der Waals surface area contributed by atoms with Crippen LogP contribution in [0.4, 0.5) is 0 Å². The zero-order valence-electron chi connectivity index (χ0n) is 7.03. The standard InChI is InChI=1S/C8H16O3/c1-3-6-8(10)7(9)5(2)4-11-6/h5-10H,3-4H2,1-2H3. The van der Waals surface area contributed by atoms with Gasteiger partial charge >= 0.3 is 0 Å². The van der Waals surface area contributed by atoms with E-state index in [1.807, 2.05) is 13.8 Å². The normalized spacial score (nSPS) is 45.8. The fraction of sp³-hybridized carbons (Fsp3) is 1.00.